The van der Waals surface area contributed by atoms with Gasteiger partial charge in [-0.2, -0.15) is 0 Å². The Balaban J connectivity index is 2.83. The monoisotopic (exact) mass is 314 g/mol. The number of hydrogen-bond donors (Lipinski definition) is 1. The Hall–Kier alpha value is -1.60. The molecule has 0 saturated heterocycles. The van der Waals surface area contributed by atoms with Gasteiger partial charge in [-0.3, -0.25) is 4.79 Å². The lowest BCUT2D eigenvalue weighted by Crippen LogP contribution is -2.27. The van der Waals surface area contributed by atoms with Crippen LogP contribution in [0, 0.1) is 6.92 Å². The van der Waals surface area contributed by atoms with Gasteiger partial charge in [0.15, 0.2) is 6.61 Å². The molecule has 1 N–H and O–H groups in total. The normalized spacial score (nSPS) is 11.2. The first-order valence-corrected chi connectivity index (χ1v) is 8.19. The SMILES string of the molecule is CCCNS(=O)(=O)c1ccc(OCC(=O)N(C)C)c(C)c1. The number of carbonyl (C=O) groups is 1. The van der Waals surface area contributed by atoms with Crippen LogP contribution in [0.2, 0.25) is 0 Å². The summed E-state index contributed by atoms with van der Waals surface area (Å²) in [4.78, 5) is 13.1. The summed E-state index contributed by atoms with van der Waals surface area (Å²) >= 11 is 0. The van der Waals surface area contributed by atoms with E-state index >= 15 is 0 Å². The van der Waals surface area contributed by atoms with Crippen LogP contribution in [0.1, 0.15) is 18.9 Å². The highest BCUT2D eigenvalue weighted by Crippen LogP contribution is 2.21. The minimum absolute atomic E-state index is 0.0754. The van der Waals surface area contributed by atoms with E-state index in [2.05, 4.69) is 4.72 Å². The molecule has 0 heterocycles. The summed E-state index contributed by atoms with van der Waals surface area (Å²) in [5.41, 5.74) is 0.668. The van der Waals surface area contributed by atoms with E-state index in [1.165, 1.54) is 17.0 Å². The third-order valence-electron chi connectivity index (χ3n) is 2.85. The van der Waals surface area contributed by atoms with Crippen molar-refractivity contribution in [3.05, 3.63) is 23.8 Å². The van der Waals surface area contributed by atoms with Crippen LogP contribution in [0.4, 0.5) is 0 Å². The number of hydrogen-bond acceptors (Lipinski definition) is 4. The van der Waals surface area contributed by atoms with Crippen LogP contribution >= 0.6 is 0 Å². The highest BCUT2D eigenvalue weighted by molar-refractivity contribution is 7.89. The molecule has 0 bridgehead atoms. The maximum Gasteiger partial charge on any atom is 0.259 e. The number of sulfonamides is 1. The summed E-state index contributed by atoms with van der Waals surface area (Å²) in [5, 5.41) is 0. The van der Waals surface area contributed by atoms with E-state index in [1.807, 2.05) is 6.92 Å². The molecule has 118 valence electrons. The van der Waals surface area contributed by atoms with Crippen molar-refractivity contribution in [3.63, 3.8) is 0 Å². The van der Waals surface area contributed by atoms with Gasteiger partial charge in [0.05, 0.1) is 4.90 Å². The average molecular weight is 314 g/mol. The predicted molar refractivity (Wildman–Crippen MR) is 80.8 cm³/mol. The summed E-state index contributed by atoms with van der Waals surface area (Å²) in [6, 6.07) is 4.58. The van der Waals surface area contributed by atoms with Crippen LogP contribution in [0.25, 0.3) is 0 Å². The molecule has 0 fully saturated rings. The largest absolute Gasteiger partial charge is 0.483 e. The van der Waals surface area contributed by atoms with Crippen LogP contribution in [-0.4, -0.2) is 46.5 Å². The van der Waals surface area contributed by atoms with Gasteiger partial charge >= 0.3 is 0 Å². The van der Waals surface area contributed by atoms with Crippen molar-refractivity contribution in [3.8, 4) is 5.75 Å². The van der Waals surface area contributed by atoms with Gasteiger partial charge < -0.3 is 9.64 Å². The molecule has 0 aliphatic carbocycles. The van der Waals surface area contributed by atoms with Gasteiger partial charge in [0.25, 0.3) is 5.91 Å². The van der Waals surface area contributed by atoms with Crippen molar-refractivity contribution in [1.82, 2.24) is 9.62 Å². The number of nitrogens with zero attached hydrogens (tertiary/aromatic N) is 1. The Morgan fingerprint density at radius 3 is 2.52 bits per heavy atom. The number of likely N-dealkylation sites (N-methyl/N-ethyl adjacent to an activating group) is 1. The molecule has 0 unspecified atom stereocenters. The van der Waals surface area contributed by atoms with Gasteiger partial charge in [0, 0.05) is 20.6 Å². The Morgan fingerprint density at radius 2 is 2.00 bits per heavy atom. The van der Waals surface area contributed by atoms with E-state index in [1.54, 1.807) is 27.1 Å². The molecule has 21 heavy (non-hydrogen) atoms. The zero-order chi connectivity index (χ0) is 16.0. The van der Waals surface area contributed by atoms with Gasteiger partial charge in [-0.1, -0.05) is 6.92 Å². The smallest absolute Gasteiger partial charge is 0.259 e. The first-order valence-electron chi connectivity index (χ1n) is 6.71. The molecule has 6 nitrogen and oxygen atoms in total. The number of carbonyl (C=O) groups excluding carboxylic acids is 1. The molecule has 0 radical (unpaired) electrons. The molecule has 0 atom stereocenters. The fourth-order valence-corrected chi connectivity index (χ4v) is 2.76. The highest BCUT2D eigenvalue weighted by Gasteiger charge is 2.15. The van der Waals surface area contributed by atoms with Crippen LogP contribution in [-0.2, 0) is 14.8 Å². The lowest BCUT2D eigenvalue weighted by Gasteiger charge is -2.13. The first kappa shape index (κ1) is 17.5. The Kier molecular flexibility index (Phi) is 6.17. The number of ether oxygens (including phenoxy) is 1. The number of nitrogens with one attached hydrogen (secondary N) is 1. The second kappa shape index (κ2) is 7.42. The molecule has 0 aromatic heterocycles. The van der Waals surface area contributed by atoms with Crippen molar-refractivity contribution in [2.45, 2.75) is 25.2 Å². The highest BCUT2D eigenvalue weighted by atomic mass is 32.2. The summed E-state index contributed by atoms with van der Waals surface area (Å²) < 4.78 is 31.9. The molecule has 0 spiro atoms. The molecule has 0 aliphatic heterocycles. The summed E-state index contributed by atoms with van der Waals surface area (Å²) in [5.74, 6) is 0.343. The van der Waals surface area contributed by atoms with E-state index in [4.69, 9.17) is 4.74 Å². The van der Waals surface area contributed by atoms with E-state index in [0.29, 0.717) is 17.9 Å². The van der Waals surface area contributed by atoms with Gasteiger partial charge in [0.1, 0.15) is 5.75 Å². The maximum absolute atomic E-state index is 12.0. The fourth-order valence-electron chi connectivity index (χ4n) is 1.54. The van der Waals surface area contributed by atoms with Crippen molar-refractivity contribution in [2.24, 2.45) is 0 Å². The van der Waals surface area contributed by atoms with Crippen molar-refractivity contribution >= 4 is 15.9 Å². The second-order valence-corrected chi connectivity index (χ2v) is 6.67. The zero-order valence-electron chi connectivity index (χ0n) is 12.8. The zero-order valence-corrected chi connectivity index (χ0v) is 13.7. The Bertz CT molecular complexity index is 597. The summed E-state index contributed by atoms with van der Waals surface area (Å²) in [7, 11) is -0.194. The third kappa shape index (κ3) is 5.02. The van der Waals surface area contributed by atoms with Gasteiger partial charge in [-0.05, 0) is 37.1 Å². The van der Waals surface area contributed by atoms with Gasteiger partial charge in [-0.25, -0.2) is 13.1 Å². The number of amides is 1. The minimum atomic E-state index is -3.49. The molecule has 1 aromatic rings. The average Bonchev–Trinajstić information content (AvgIpc) is 2.43. The molecule has 1 rings (SSSR count). The maximum atomic E-state index is 12.0. The minimum Gasteiger partial charge on any atom is -0.483 e. The first-order chi connectivity index (χ1) is 9.77. The van der Waals surface area contributed by atoms with E-state index in [9.17, 15) is 13.2 Å². The van der Waals surface area contributed by atoms with E-state index in [-0.39, 0.29) is 17.4 Å². The van der Waals surface area contributed by atoms with Crippen molar-refractivity contribution < 1.29 is 17.9 Å². The molecule has 0 aliphatic rings. The Labute approximate surface area is 126 Å². The number of rotatable bonds is 7. The standard InChI is InChI=1S/C14H22N2O4S/c1-5-8-15-21(18,19)12-6-7-13(11(2)9-12)20-10-14(17)16(3)4/h6-7,9,15H,5,8,10H2,1-4H3. The van der Waals surface area contributed by atoms with E-state index in [0.717, 1.165) is 6.42 Å². The van der Waals surface area contributed by atoms with Crippen molar-refractivity contribution in [1.29, 1.82) is 0 Å². The fraction of sp³-hybridized carbons (Fsp3) is 0.500. The molecular formula is C14H22N2O4S. The predicted octanol–water partition coefficient (Wildman–Crippen LogP) is 1.15. The number of benzene rings is 1. The topological polar surface area (TPSA) is 75.7 Å². The van der Waals surface area contributed by atoms with Crippen molar-refractivity contribution in [2.75, 3.05) is 27.2 Å². The lowest BCUT2D eigenvalue weighted by molar-refractivity contribution is -0.130. The van der Waals surface area contributed by atoms with Crippen LogP contribution in [0.15, 0.2) is 23.1 Å². The molecule has 1 aromatic carbocycles. The molecule has 1 amide bonds. The Morgan fingerprint density at radius 1 is 1.33 bits per heavy atom. The van der Waals surface area contributed by atoms with Gasteiger partial charge in [0.2, 0.25) is 10.0 Å². The van der Waals surface area contributed by atoms with Crippen LogP contribution in [0.5, 0.6) is 5.75 Å². The van der Waals surface area contributed by atoms with Crippen LogP contribution < -0.4 is 9.46 Å². The number of aryl methyl sites for hydroxylation is 1. The van der Waals surface area contributed by atoms with Gasteiger partial charge in [-0.15, -0.1) is 0 Å². The van der Waals surface area contributed by atoms with E-state index < -0.39 is 10.0 Å². The third-order valence-corrected chi connectivity index (χ3v) is 4.31. The molecule has 0 saturated carbocycles. The molecule has 7 heteroatoms. The lowest BCUT2D eigenvalue weighted by atomic mass is 10.2. The summed E-state index contributed by atoms with van der Waals surface area (Å²) in [6.07, 6.45) is 0.728. The van der Waals surface area contributed by atoms with Crippen LogP contribution in [0.3, 0.4) is 0 Å². The molecular weight excluding hydrogens is 292 g/mol. The quantitative estimate of drug-likeness (QED) is 0.819. The summed E-state index contributed by atoms with van der Waals surface area (Å²) in [6.45, 7) is 3.96. The second-order valence-electron chi connectivity index (χ2n) is 4.90.